The van der Waals surface area contributed by atoms with Gasteiger partial charge in [-0.2, -0.15) is 0 Å². The molecule has 0 aromatic heterocycles. The Balaban J connectivity index is 1.90. The SMILES string of the molecule is CC(CCN)CCc1ccc2c(c1)CCO2. The van der Waals surface area contributed by atoms with Gasteiger partial charge in [-0.1, -0.05) is 19.1 Å². The number of ether oxygens (including phenoxy) is 1. The fourth-order valence-corrected chi connectivity index (χ4v) is 2.24. The second-order valence-corrected chi connectivity index (χ2v) is 4.76. The van der Waals surface area contributed by atoms with Crippen LogP contribution >= 0.6 is 0 Å². The van der Waals surface area contributed by atoms with Gasteiger partial charge in [-0.3, -0.25) is 0 Å². The third-order valence-corrected chi connectivity index (χ3v) is 3.34. The summed E-state index contributed by atoms with van der Waals surface area (Å²) in [4.78, 5) is 0. The summed E-state index contributed by atoms with van der Waals surface area (Å²) < 4.78 is 5.50. The van der Waals surface area contributed by atoms with Crippen molar-refractivity contribution in [2.24, 2.45) is 11.7 Å². The van der Waals surface area contributed by atoms with E-state index >= 15 is 0 Å². The van der Waals surface area contributed by atoms with Gasteiger partial charge in [-0.05, 0) is 48.9 Å². The zero-order chi connectivity index (χ0) is 11.4. The van der Waals surface area contributed by atoms with Gasteiger partial charge in [0.2, 0.25) is 0 Å². The number of aryl methyl sites for hydroxylation is 1. The van der Waals surface area contributed by atoms with Gasteiger partial charge in [0.15, 0.2) is 0 Å². The highest BCUT2D eigenvalue weighted by molar-refractivity contribution is 5.39. The van der Waals surface area contributed by atoms with E-state index in [4.69, 9.17) is 10.5 Å². The molecule has 0 radical (unpaired) electrons. The van der Waals surface area contributed by atoms with Crippen molar-refractivity contribution in [3.8, 4) is 5.75 Å². The summed E-state index contributed by atoms with van der Waals surface area (Å²) in [5.41, 5.74) is 8.37. The molecule has 1 atom stereocenters. The maximum atomic E-state index is 5.56. The molecular formula is C14H21NO. The molecule has 1 unspecified atom stereocenters. The van der Waals surface area contributed by atoms with Crippen LogP contribution in [0.3, 0.4) is 0 Å². The zero-order valence-electron chi connectivity index (χ0n) is 10.0. The summed E-state index contributed by atoms with van der Waals surface area (Å²) in [6.07, 6.45) is 4.60. The third-order valence-electron chi connectivity index (χ3n) is 3.34. The van der Waals surface area contributed by atoms with Crippen molar-refractivity contribution in [2.45, 2.75) is 32.6 Å². The Hall–Kier alpha value is -1.02. The van der Waals surface area contributed by atoms with Gasteiger partial charge in [-0.25, -0.2) is 0 Å². The quantitative estimate of drug-likeness (QED) is 0.826. The van der Waals surface area contributed by atoms with Gasteiger partial charge in [0.05, 0.1) is 6.61 Å². The predicted octanol–water partition coefficient (Wildman–Crippen LogP) is 2.54. The summed E-state index contributed by atoms with van der Waals surface area (Å²) in [6, 6.07) is 6.61. The van der Waals surface area contributed by atoms with Crippen molar-refractivity contribution >= 4 is 0 Å². The van der Waals surface area contributed by atoms with Crippen molar-refractivity contribution in [3.05, 3.63) is 29.3 Å². The zero-order valence-corrected chi connectivity index (χ0v) is 10.0. The van der Waals surface area contributed by atoms with E-state index in [1.54, 1.807) is 0 Å². The molecule has 0 amide bonds. The van der Waals surface area contributed by atoms with E-state index in [1.165, 1.54) is 17.5 Å². The molecule has 0 aliphatic carbocycles. The fourth-order valence-electron chi connectivity index (χ4n) is 2.24. The number of fused-ring (bicyclic) bond motifs is 1. The minimum atomic E-state index is 0.731. The van der Waals surface area contributed by atoms with Gasteiger partial charge in [0.1, 0.15) is 5.75 Å². The first-order valence-electron chi connectivity index (χ1n) is 6.24. The normalized spacial score (nSPS) is 15.6. The second kappa shape index (κ2) is 5.35. The van der Waals surface area contributed by atoms with Crippen molar-refractivity contribution in [2.75, 3.05) is 13.2 Å². The monoisotopic (exact) mass is 219 g/mol. The Morgan fingerprint density at radius 2 is 2.25 bits per heavy atom. The Labute approximate surface area is 97.8 Å². The topological polar surface area (TPSA) is 35.2 Å². The molecule has 0 saturated carbocycles. The van der Waals surface area contributed by atoms with Crippen LogP contribution in [0.5, 0.6) is 5.75 Å². The molecule has 1 aliphatic heterocycles. The molecule has 2 rings (SSSR count). The molecule has 2 N–H and O–H groups in total. The van der Waals surface area contributed by atoms with Gasteiger partial charge in [0, 0.05) is 6.42 Å². The lowest BCUT2D eigenvalue weighted by Crippen LogP contribution is -2.06. The molecule has 1 aliphatic rings. The van der Waals surface area contributed by atoms with E-state index in [1.807, 2.05) is 0 Å². The highest BCUT2D eigenvalue weighted by atomic mass is 16.5. The standard InChI is InChI=1S/C14H21NO/c1-11(6-8-15)2-3-12-4-5-14-13(10-12)7-9-16-14/h4-5,10-11H,2-3,6-9,15H2,1H3. The van der Waals surface area contributed by atoms with Crippen LogP contribution in [-0.4, -0.2) is 13.2 Å². The van der Waals surface area contributed by atoms with E-state index in [0.717, 1.165) is 44.1 Å². The molecule has 0 bridgehead atoms. The summed E-state index contributed by atoms with van der Waals surface area (Å²) in [6.45, 7) is 3.94. The van der Waals surface area contributed by atoms with Crippen LogP contribution in [0.2, 0.25) is 0 Å². The van der Waals surface area contributed by atoms with Crippen LogP contribution in [0.4, 0.5) is 0 Å². The lowest BCUT2D eigenvalue weighted by Gasteiger charge is -2.10. The van der Waals surface area contributed by atoms with Gasteiger partial charge >= 0.3 is 0 Å². The van der Waals surface area contributed by atoms with Crippen LogP contribution < -0.4 is 10.5 Å². The summed E-state index contributed by atoms with van der Waals surface area (Å²) in [7, 11) is 0. The van der Waals surface area contributed by atoms with Crippen LogP contribution in [-0.2, 0) is 12.8 Å². The number of hydrogen-bond acceptors (Lipinski definition) is 2. The van der Waals surface area contributed by atoms with Crippen molar-refractivity contribution in [3.63, 3.8) is 0 Å². The smallest absolute Gasteiger partial charge is 0.122 e. The minimum Gasteiger partial charge on any atom is -0.493 e. The van der Waals surface area contributed by atoms with E-state index < -0.39 is 0 Å². The lowest BCUT2D eigenvalue weighted by molar-refractivity contribution is 0.357. The summed E-state index contributed by atoms with van der Waals surface area (Å²) >= 11 is 0. The molecular weight excluding hydrogens is 198 g/mol. The molecule has 16 heavy (non-hydrogen) atoms. The Morgan fingerprint density at radius 1 is 1.38 bits per heavy atom. The molecule has 1 heterocycles. The number of hydrogen-bond donors (Lipinski definition) is 1. The van der Waals surface area contributed by atoms with Gasteiger partial charge in [0.25, 0.3) is 0 Å². The number of benzene rings is 1. The average Bonchev–Trinajstić information content (AvgIpc) is 2.74. The molecule has 88 valence electrons. The largest absolute Gasteiger partial charge is 0.493 e. The van der Waals surface area contributed by atoms with Gasteiger partial charge < -0.3 is 10.5 Å². The Kier molecular flexibility index (Phi) is 3.83. The van der Waals surface area contributed by atoms with E-state index in [2.05, 4.69) is 25.1 Å². The fraction of sp³-hybridized carbons (Fsp3) is 0.571. The van der Waals surface area contributed by atoms with Crippen LogP contribution in [0.25, 0.3) is 0 Å². The molecule has 0 fully saturated rings. The average molecular weight is 219 g/mol. The third kappa shape index (κ3) is 2.76. The predicted molar refractivity (Wildman–Crippen MR) is 66.8 cm³/mol. The van der Waals surface area contributed by atoms with Crippen LogP contribution in [0, 0.1) is 5.92 Å². The first kappa shape index (κ1) is 11.5. The summed E-state index contributed by atoms with van der Waals surface area (Å²) in [5, 5.41) is 0. The van der Waals surface area contributed by atoms with E-state index in [-0.39, 0.29) is 0 Å². The molecule has 1 aromatic carbocycles. The first-order chi connectivity index (χ1) is 7.79. The lowest BCUT2D eigenvalue weighted by atomic mass is 9.97. The Bertz CT molecular complexity index is 349. The van der Waals surface area contributed by atoms with E-state index in [0.29, 0.717) is 0 Å². The molecule has 0 spiro atoms. The minimum absolute atomic E-state index is 0.731. The first-order valence-corrected chi connectivity index (χ1v) is 6.24. The maximum Gasteiger partial charge on any atom is 0.122 e. The van der Waals surface area contributed by atoms with E-state index in [9.17, 15) is 0 Å². The van der Waals surface area contributed by atoms with Crippen molar-refractivity contribution in [1.29, 1.82) is 0 Å². The Morgan fingerprint density at radius 3 is 3.06 bits per heavy atom. The molecule has 1 aromatic rings. The second-order valence-electron chi connectivity index (χ2n) is 4.76. The summed E-state index contributed by atoms with van der Waals surface area (Å²) in [5.74, 6) is 1.81. The highest BCUT2D eigenvalue weighted by Crippen LogP contribution is 2.26. The van der Waals surface area contributed by atoms with Crippen LogP contribution in [0.1, 0.15) is 30.9 Å². The molecule has 2 heteroatoms. The van der Waals surface area contributed by atoms with Gasteiger partial charge in [-0.15, -0.1) is 0 Å². The number of rotatable bonds is 5. The molecule has 0 saturated heterocycles. The number of nitrogens with two attached hydrogens (primary N) is 1. The van der Waals surface area contributed by atoms with Crippen molar-refractivity contribution < 1.29 is 4.74 Å². The highest BCUT2D eigenvalue weighted by Gasteiger charge is 2.12. The maximum absolute atomic E-state index is 5.56. The molecule has 2 nitrogen and oxygen atoms in total. The van der Waals surface area contributed by atoms with Crippen LogP contribution in [0.15, 0.2) is 18.2 Å². The van der Waals surface area contributed by atoms with Crippen molar-refractivity contribution in [1.82, 2.24) is 0 Å².